The highest BCUT2D eigenvalue weighted by Gasteiger charge is 2.09. The molecule has 7 nitrogen and oxygen atoms in total. The largest absolute Gasteiger partial charge is 0.477 e. The first-order valence-electron chi connectivity index (χ1n) is 4.11. The lowest BCUT2D eigenvalue weighted by atomic mass is 10.3. The lowest BCUT2D eigenvalue weighted by Crippen LogP contribution is -2.07. The van der Waals surface area contributed by atoms with E-state index in [0.29, 0.717) is 5.69 Å². The summed E-state index contributed by atoms with van der Waals surface area (Å²) in [6.07, 6.45) is 2.81. The molecule has 76 valence electrons. The van der Waals surface area contributed by atoms with Crippen molar-refractivity contribution in [2.75, 3.05) is 0 Å². The van der Waals surface area contributed by atoms with E-state index in [0.717, 1.165) is 0 Å². The van der Waals surface area contributed by atoms with Gasteiger partial charge in [-0.1, -0.05) is 0 Å². The van der Waals surface area contributed by atoms with Crippen LogP contribution in [0.15, 0.2) is 18.7 Å². The van der Waals surface area contributed by atoms with Crippen molar-refractivity contribution in [2.24, 2.45) is 0 Å². The quantitative estimate of drug-likeness (QED) is 0.745. The van der Waals surface area contributed by atoms with Gasteiger partial charge in [0.05, 0.1) is 0 Å². The summed E-state index contributed by atoms with van der Waals surface area (Å²) in [5, 5.41) is 16.0. The summed E-state index contributed by atoms with van der Waals surface area (Å²) in [4.78, 5) is 18.7. The second-order valence-corrected chi connectivity index (χ2v) is 2.87. The van der Waals surface area contributed by atoms with Gasteiger partial charge in [-0.3, -0.25) is 4.57 Å². The number of carbonyl (C=O) groups is 1. The van der Waals surface area contributed by atoms with Crippen molar-refractivity contribution in [3.63, 3.8) is 0 Å². The molecule has 0 radical (unpaired) electrons. The smallest absolute Gasteiger partial charge is 0.354 e. The molecule has 7 heteroatoms. The molecule has 0 fully saturated rings. The van der Waals surface area contributed by atoms with Crippen molar-refractivity contribution in [3.8, 4) is 5.95 Å². The van der Waals surface area contributed by atoms with Gasteiger partial charge >= 0.3 is 5.97 Å². The third kappa shape index (κ3) is 1.80. The van der Waals surface area contributed by atoms with Crippen LogP contribution < -0.4 is 0 Å². The summed E-state index contributed by atoms with van der Waals surface area (Å²) in [6.45, 7) is 1.70. The maximum Gasteiger partial charge on any atom is 0.354 e. The van der Waals surface area contributed by atoms with Crippen molar-refractivity contribution in [2.45, 2.75) is 6.92 Å². The van der Waals surface area contributed by atoms with E-state index < -0.39 is 5.97 Å². The van der Waals surface area contributed by atoms with E-state index >= 15 is 0 Å². The molecule has 0 saturated carbocycles. The molecule has 0 spiro atoms. The monoisotopic (exact) mass is 205 g/mol. The summed E-state index contributed by atoms with van der Waals surface area (Å²) < 4.78 is 1.44. The fraction of sp³-hybridized carbons (Fsp3) is 0.125. The summed E-state index contributed by atoms with van der Waals surface area (Å²) in [5.41, 5.74) is 0.525. The van der Waals surface area contributed by atoms with Gasteiger partial charge in [-0.2, -0.15) is 0 Å². The first-order chi connectivity index (χ1) is 7.16. The normalized spacial score (nSPS) is 10.2. The van der Waals surface area contributed by atoms with Crippen molar-refractivity contribution in [1.29, 1.82) is 0 Å². The summed E-state index contributed by atoms with van der Waals surface area (Å²) >= 11 is 0. The van der Waals surface area contributed by atoms with Crippen LogP contribution in [0, 0.1) is 6.92 Å². The van der Waals surface area contributed by atoms with E-state index in [1.165, 1.54) is 23.3 Å². The van der Waals surface area contributed by atoms with Crippen LogP contribution in [0.2, 0.25) is 0 Å². The SMILES string of the molecule is Cc1cc(C(=O)O)nc(-n2cnnc2)n1. The zero-order valence-electron chi connectivity index (χ0n) is 7.82. The standard InChI is InChI=1S/C8H7N5O2/c1-5-2-6(7(14)15)12-8(11-5)13-3-9-10-4-13/h2-4H,1H3,(H,14,15). The molecule has 0 bridgehead atoms. The van der Waals surface area contributed by atoms with Gasteiger partial charge in [0.2, 0.25) is 5.95 Å². The van der Waals surface area contributed by atoms with Crippen LogP contribution in [0.1, 0.15) is 16.2 Å². The Morgan fingerprint density at radius 1 is 1.33 bits per heavy atom. The van der Waals surface area contributed by atoms with Gasteiger partial charge in [0, 0.05) is 5.69 Å². The van der Waals surface area contributed by atoms with Gasteiger partial charge in [0.15, 0.2) is 5.69 Å². The second-order valence-electron chi connectivity index (χ2n) is 2.87. The molecule has 0 aliphatic carbocycles. The van der Waals surface area contributed by atoms with Crippen LogP contribution in [0.3, 0.4) is 0 Å². The number of nitrogens with zero attached hydrogens (tertiary/aromatic N) is 5. The zero-order valence-corrected chi connectivity index (χ0v) is 7.82. The van der Waals surface area contributed by atoms with Gasteiger partial charge in [-0.05, 0) is 13.0 Å². The van der Waals surface area contributed by atoms with Gasteiger partial charge in [-0.15, -0.1) is 10.2 Å². The fourth-order valence-corrected chi connectivity index (χ4v) is 1.08. The van der Waals surface area contributed by atoms with Crippen molar-refractivity contribution in [3.05, 3.63) is 30.1 Å². The molecule has 2 aromatic rings. The number of carboxylic acids is 1. The lowest BCUT2D eigenvalue weighted by Gasteiger charge is -2.01. The molecule has 2 aromatic heterocycles. The maximum absolute atomic E-state index is 10.7. The zero-order chi connectivity index (χ0) is 10.8. The van der Waals surface area contributed by atoms with Crippen LogP contribution >= 0.6 is 0 Å². The minimum Gasteiger partial charge on any atom is -0.477 e. The Bertz CT molecular complexity index is 494. The number of hydrogen-bond donors (Lipinski definition) is 1. The lowest BCUT2D eigenvalue weighted by molar-refractivity contribution is 0.0690. The summed E-state index contributed by atoms with van der Waals surface area (Å²) in [7, 11) is 0. The number of aromatic nitrogens is 5. The predicted molar refractivity (Wildman–Crippen MR) is 48.6 cm³/mol. The van der Waals surface area contributed by atoms with Crippen molar-refractivity contribution >= 4 is 5.97 Å². The van der Waals surface area contributed by atoms with E-state index in [1.54, 1.807) is 6.92 Å². The highest BCUT2D eigenvalue weighted by atomic mass is 16.4. The molecule has 0 aromatic carbocycles. The Kier molecular flexibility index (Phi) is 2.13. The molecule has 0 saturated heterocycles. The van der Waals surface area contributed by atoms with Crippen LogP contribution in [0.25, 0.3) is 5.95 Å². The Balaban J connectivity index is 2.54. The molecule has 15 heavy (non-hydrogen) atoms. The van der Waals surface area contributed by atoms with Crippen LogP contribution in [-0.2, 0) is 0 Å². The maximum atomic E-state index is 10.7. The summed E-state index contributed by atoms with van der Waals surface area (Å²) in [5.74, 6) is -0.841. The van der Waals surface area contributed by atoms with E-state index in [-0.39, 0.29) is 11.6 Å². The molecule has 0 amide bonds. The first kappa shape index (κ1) is 9.25. The second kappa shape index (κ2) is 3.45. The average molecular weight is 205 g/mol. The summed E-state index contributed by atoms with van der Waals surface area (Å²) in [6, 6.07) is 1.40. The number of aromatic carboxylic acids is 1. The topological polar surface area (TPSA) is 93.8 Å². The molecule has 0 aliphatic heterocycles. The molecule has 0 atom stereocenters. The first-order valence-corrected chi connectivity index (χ1v) is 4.11. The molecule has 2 heterocycles. The van der Waals surface area contributed by atoms with E-state index in [2.05, 4.69) is 20.2 Å². The third-order valence-corrected chi connectivity index (χ3v) is 1.71. The van der Waals surface area contributed by atoms with Gasteiger partial charge in [0.25, 0.3) is 0 Å². The molecule has 1 N–H and O–H groups in total. The number of hydrogen-bond acceptors (Lipinski definition) is 5. The predicted octanol–water partition coefficient (Wildman–Crippen LogP) is 0.0639. The van der Waals surface area contributed by atoms with Crippen LogP contribution in [0.4, 0.5) is 0 Å². The Morgan fingerprint density at radius 3 is 2.60 bits per heavy atom. The average Bonchev–Trinajstić information content (AvgIpc) is 2.69. The minimum atomic E-state index is -1.09. The highest BCUT2D eigenvalue weighted by molar-refractivity contribution is 5.85. The Labute approximate surface area is 84.4 Å². The molecular formula is C8H7N5O2. The van der Waals surface area contributed by atoms with E-state index in [1.807, 2.05) is 0 Å². The third-order valence-electron chi connectivity index (χ3n) is 1.71. The van der Waals surface area contributed by atoms with Gasteiger partial charge < -0.3 is 5.11 Å². The van der Waals surface area contributed by atoms with Gasteiger partial charge in [0.1, 0.15) is 12.7 Å². The van der Waals surface area contributed by atoms with Crippen molar-refractivity contribution < 1.29 is 9.90 Å². The Hall–Kier alpha value is -2.31. The molecule has 0 unspecified atom stereocenters. The van der Waals surface area contributed by atoms with Crippen LogP contribution in [-0.4, -0.2) is 35.8 Å². The number of rotatable bonds is 2. The van der Waals surface area contributed by atoms with E-state index in [9.17, 15) is 4.79 Å². The molecular weight excluding hydrogens is 198 g/mol. The number of carboxylic acid groups (broad SMARTS) is 1. The van der Waals surface area contributed by atoms with Crippen molar-refractivity contribution in [1.82, 2.24) is 24.7 Å². The fourth-order valence-electron chi connectivity index (χ4n) is 1.08. The number of aryl methyl sites for hydroxylation is 1. The highest BCUT2D eigenvalue weighted by Crippen LogP contribution is 2.04. The van der Waals surface area contributed by atoms with Gasteiger partial charge in [-0.25, -0.2) is 14.8 Å². The minimum absolute atomic E-state index is 0.0498. The van der Waals surface area contributed by atoms with E-state index in [4.69, 9.17) is 5.11 Å². The molecule has 0 aliphatic rings. The van der Waals surface area contributed by atoms with Crippen LogP contribution in [0.5, 0.6) is 0 Å². The molecule has 2 rings (SSSR count). The Morgan fingerprint density at radius 2 is 2.00 bits per heavy atom.